The summed E-state index contributed by atoms with van der Waals surface area (Å²) >= 11 is 0. The Morgan fingerprint density at radius 2 is 1.38 bits per heavy atom. The average molecular weight is 424 g/mol. The first-order chi connectivity index (χ1) is 13.6. The predicted octanol–water partition coefficient (Wildman–Crippen LogP) is -5.11. The fourth-order valence-corrected chi connectivity index (χ4v) is 3.38. The van der Waals surface area contributed by atoms with Crippen molar-refractivity contribution >= 4 is 11.8 Å². The molecule has 2 rings (SSSR count). The lowest BCUT2D eigenvalue weighted by Crippen LogP contribution is -2.69. The van der Waals surface area contributed by atoms with Crippen molar-refractivity contribution in [3.05, 3.63) is 0 Å². The van der Waals surface area contributed by atoms with Crippen LogP contribution in [-0.2, 0) is 23.8 Å². The van der Waals surface area contributed by atoms with Gasteiger partial charge in [-0.15, -0.1) is 0 Å². The van der Waals surface area contributed by atoms with Crippen LogP contribution in [0.25, 0.3) is 0 Å². The monoisotopic (exact) mass is 424 g/mol. The molecule has 2 heterocycles. The molecule has 29 heavy (non-hydrogen) atoms. The van der Waals surface area contributed by atoms with Gasteiger partial charge in [0.15, 0.2) is 12.6 Å². The Morgan fingerprint density at radius 3 is 1.90 bits per heavy atom. The largest absolute Gasteiger partial charge is 0.394 e. The molecular formula is C16H28N2O11. The van der Waals surface area contributed by atoms with E-state index in [0.29, 0.717) is 0 Å². The van der Waals surface area contributed by atoms with Crippen LogP contribution in [0.5, 0.6) is 0 Å². The molecule has 2 amide bonds. The Balaban J connectivity index is 2.26. The molecule has 0 bridgehead atoms. The molecule has 2 fully saturated rings. The molecular weight excluding hydrogens is 396 g/mol. The molecule has 0 unspecified atom stereocenters. The Hall–Kier alpha value is -1.42. The van der Waals surface area contributed by atoms with Gasteiger partial charge in [0.05, 0.1) is 13.2 Å². The zero-order valence-corrected chi connectivity index (χ0v) is 15.9. The summed E-state index contributed by atoms with van der Waals surface area (Å²) in [6, 6.07) is -2.59. The van der Waals surface area contributed by atoms with Crippen molar-refractivity contribution in [2.24, 2.45) is 0 Å². The maximum Gasteiger partial charge on any atom is 0.217 e. The van der Waals surface area contributed by atoms with Crippen LogP contribution in [0.15, 0.2) is 0 Å². The minimum Gasteiger partial charge on any atom is -0.394 e. The first-order valence-electron chi connectivity index (χ1n) is 9.05. The summed E-state index contributed by atoms with van der Waals surface area (Å²) < 4.78 is 16.3. The predicted molar refractivity (Wildman–Crippen MR) is 91.8 cm³/mol. The van der Waals surface area contributed by atoms with Crippen LogP contribution in [0, 0.1) is 0 Å². The summed E-state index contributed by atoms with van der Waals surface area (Å²) in [6.45, 7) is 0.962. The zero-order valence-electron chi connectivity index (χ0n) is 15.9. The number of rotatable bonds is 6. The Kier molecular flexibility index (Phi) is 8.28. The van der Waals surface area contributed by atoms with Gasteiger partial charge in [0.1, 0.15) is 48.7 Å². The zero-order chi connectivity index (χ0) is 21.9. The molecule has 13 heteroatoms. The van der Waals surface area contributed by atoms with Gasteiger partial charge in [0.25, 0.3) is 0 Å². The van der Waals surface area contributed by atoms with E-state index in [9.17, 15) is 40.2 Å². The molecule has 168 valence electrons. The highest BCUT2D eigenvalue weighted by Crippen LogP contribution is 2.28. The van der Waals surface area contributed by atoms with Crippen LogP contribution < -0.4 is 10.6 Å². The van der Waals surface area contributed by atoms with Gasteiger partial charge in [-0.3, -0.25) is 9.59 Å². The maximum absolute atomic E-state index is 11.5. The summed E-state index contributed by atoms with van der Waals surface area (Å²) in [6.07, 6.45) is -11.7. The van der Waals surface area contributed by atoms with Crippen molar-refractivity contribution in [2.45, 2.75) is 75.1 Å². The summed E-state index contributed by atoms with van der Waals surface area (Å²) in [5, 5.41) is 64.5. The van der Waals surface area contributed by atoms with Crippen molar-refractivity contribution in [2.75, 3.05) is 13.2 Å². The van der Waals surface area contributed by atoms with E-state index >= 15 is 0 Å². The van der Waals surface area contributed by atoms with Crippen LogP contribution in [0.1, 0.15) is 13.8 Å². The molecule has 0 aromatic carbocycles. The molecule has 0 aliphatic carbocycles. The van der Waals surface area contributed by atoms with Gasteiger partial charge >= 0.3 is 0 Å². The fourth-order valence-electron chi connectivity index (χ4n) is 3.38. The van der Waals surface area contributed by atoms with Crippen molar-refractivity contribution in [3.63, 3.8) is 0 Å². The summed E-state index contributed by atoms with van der Waals surface area (Å²) in [5.74, 6) is -1.14. The van der Waals surface area contributed by atoms with Gasteiger partial charge in [0.2, 0.25) is 11.8 Å². The summed E-state index contributed by atoms with van der Waals surface area (Å²) in [4.78, 5) is 22.8. The molecule has 8 N–H and O–H groups in total. The number of hydrogen-bond donors (Lipinski definition) is 8. The second-order valence-electron chi connectivity index (χ2n) is 7.00. The number of carbonyl (C=O) groups is 2. The molecule has 0 saturated carbocycles. The highest BCUT2D eigenvalue weighted by atomic mass is 16.7. The molecule has 13 nitrogen and oxygen atoms in total. The Bertz CT molecular complexity index is 579. The third-order valence-corrected chi connectivity index (χ3v) is 4.78. The second-order valence-corrected chi connectivity index (χ2v) is 7.00. The van der Waals surface area contributed by atoms with E-state index in [4.69, 9.17) is 14.2 Å². The average Bonchev–Trinajstić information content (AvgIpc) is 2.65. The van der Waals surface area contributed by atoms with Crippen LogP contribution in [0.3, 0.4) is 0 Å². The molecule has 2 aliphatic rings. The number of carbonyl (C=O) groups excluding carboxylic acids is 2. The van der Waals surface area contributed by atoms with Crippen molar-refractivity contribution in [3.8, 4) is 0 Å². The van der Waals surface area contributed by atoms with E-state index < -0.39 is 86.3 Å². The Labute approximate surface area is 166 Å². The van der Waals surface area contributed by atoms with E-state index in [2.05, 4.69) is 10.6 Å². The van der Waals surface area contributed by atoms with Gasteiger partial charge in [-0.05, 0) is 0 Å². The standard InChI is InChI=1S/C16H28N2O11/c1-5(21)17-9-13(25)14(8(4-20)27-15(9)26)29-16-10(18-6(2)22)12(24)11(23)7(3-19)28-16/h7-16,19-20,23-26H,3-4H2,1-2H3,(H,17,21)(H,18,22)/t7-,8-,9-,10-,11+,12+,13-,14-,15-,16+/m1/s1. The van der Waals surface area contributed by atoms with Crippen LogP contribution in [0.4, 0.5) is 0 Å². The van der Waals surface area contributed by atoms with Crippen LogP contribution in [-0.4, -0.2) is 117 Å². The van der Waals surface area contributed by atoms with E-state index in [1.54, 1.807) is 0 Å². The third-order valence-electron chi connectivity index (χ3n) is 4.78. The first-order valence-corrected chi connectivity index (χ1v) is 9.05. The van der Waals surface area contributed by atoms with Crippen molar-refractivity contribution < 1.29 is 54.4 Å². The van der Waals surface area contributed by atoms with Gasteiger partial charge in [-0.25, -0.2) is 0 Å². The number of nitrogens with one attached hydrogen (secondary N) is 2. The van der Waals surface area contributed by atoms with Crippen molar-refractivity contribution in [1.29, 1.82) is 0 Å². The number of ether oxygens (including phenoxy) is 3. The number of amides is 2. The lowest BCUT2D eigenvalue weighted by molar-refractivity contribution is -0.327. The highest BCUT2D eigenvalue weighted by Gasteiger charge is 2.51. The topological polar surface area (TPSA) is 207 Å². The summed E-state index contributed by atoms with van der Waals surface area (Å²) in [5.41, 5.74) is 0. The fraction of sp³-hybridized carbons (Fsp3) is 0.875. The van der Waals surface area contributed by atoms with Gasteiger partial charge in [0, 0.05) is 13.8 Å². The molecule has 2 aliphatic heterocycles. The molecule has 0 spiro atoms. The smallest absolute Gasteiger partial charge is 0.217 e. The minimum absolute atomic E-state index is 0.568. The van der Waals surface area contributed by atoms with Gasteiger partial charge in [-0.2, -0.15) is 0 Å². The number of aliphatic hydroxyl groups is 6. The van der Waals surface area contributed by atoms with Crippen LogP contribution >= 0.6 is 0 Å². The van der Waals surface area contributed by atoms with Crippen LogP contribution in [0.2, 0.25) is 0 Å². The van der Waals surface area contributed by atoms with Gasteiger partial charge in [-0.1, -0.05) is 0 Å². The highest BCUT2D eigenvalue weighted by molar-refractivity contribution is 5.73. The molecule has 10 atom stereocenters. The first kappa shape index (κ1) is 23.9. The molecule has 0 aromatic heterocycles. The third kappa shape index (κ3) is 5.39. The van der Waals surface area contributed by atoms with Gasteiger partial charge < -0.3 is 55.5 Å². The number of aliphatic hydroxyl groups excluding tert-OH is 6. The Morgan fingerprint density at radius 1 is 0.828 bits per heavy atom. The summed E-state index contributed by atoms with van der Waals surface area (Å²) in [7, 11) is 0. The lowest BCUT2D eigenvalue weighted by Gasteiger charge is -2.47. The van der Waals surface area contributed by atoms with Crippen molar-refractivity contribution in [1.82, 2.24) is 10.6 Å². The lowest BCUT2D eigenvalue weighted by atomic mass is 9.94. The van der Waals surface area contributed by atoms with E-state index in [1.165, 1.54) is 0 Å². The van der Waals surface area contributed by atoms with E-state index in [1.807, 2.05) is 0 Å². The SMILES string of the molecule is CC(=O)N[C@@H]1[C@@H](O)[C@H](O[C@@H]2O[C@H](CO)[C@H](O)[C@@H](O)[C@H]2NC(C)=O)[C@@H](CO)O[C@H]1O. The minimum atomic E-state index is -1.64. The normalized spacial score (nSPS) is 42.9. The van der Waals surface area contributed by atoms with E-state index in [-0.39, 0.29) is 0 Å². The molecule has 2 saturated heterocycles. The molecule has 0 aromatic rings. The maximum atomic E-state index is 11.5. The van der Waals surface area contributed by atoms with E-state index in [0.717, 1.165) is 13.8 Å². The number of hydrogen-bond acceptors (Lipinski definition) is 11. The quantitative estimate of drug-likeness (QED) is 0.202. The molecule has 0 radical (unpaired) electrons. The second kappa shape index (κ2) is 10.1.